The zero-order valence-electron chi connectivity index (χ0n) is 20.9. The monoisotopic (exact) mass is 463 g/mol. The molecule has 4 aromatic rings. The van der Waals surface area contributed by atoms with Crippen LogP contribution in [0.15, 0.2) is 78.9 Å². The Morgan fingerprint density at radius 2 is 1.51 bits per heavy atom. The maximum atomic E-state index is 12.7. The first kappa shape index (κ1) is 23.3. The van der Waals surface area contributed by atoms with Crippen molar-refractivity contribution in [3.05, 3.63) is 95.6 Å². The average molecular weight is 464 g/mol. The Balaban J connectivity index is 1.56. The van der Waals surface area contributed by atoms with E-state index < -0.39 is 0 Å². The van der Waals surface area contributed by atoms with E-state index in [1.54, 1.807) is 0 Å². The summed E-state index contributed by atoms with van der Waals surface area (Å²) in [6.07, 6.45) is 2.41. The van der Waals surface area contributed by atoms with Gasteiger partial charge in [0.25, 0.3) is 0 Å². The number of fused-ring (bicyclic) bond motifs is 1. The van der Waals surface area contributed by atoms with E-state index in [1.165, 1.54) is 29.5 Å². The predicted molar refractivity (Wildman–Crippen MR) is 145 cm³/mol. The van der Waals surface area contributed by atoms with Crippen LogP contribution in [0.25, 0.3) is 33.0 Å². The largest absolute Gasteiger partial charge is 0.462 e. The Morgan fingerprint density at radius 3 is 2.20 bits per heavy atom. The van der Waals surface area contributed by atoms with Crippen LogP contribution in [0.5, 0.6) is 0 Å². The third-order valence-electron chi connectivity index (χ3n) is 7.26. The van der Waals surface area contributed by atoms with E-state index in [2.05, 4.69) is 85.6 Å². The summed E-state index contributed by atoms with van der Waals surface area (Å²) < 4.78 is 5.36. The van der Waals surface area contributed by atoms with Crippen molar-refractivity contribution in [3.63, 3.8) is 0 Å². The smallest absolute Gasteiger partial charge is 0.338 e. The number of ether oxygens (including phenoxy) is 1. The van der Waals surface area contributed by atoms with Gasteiger partial charge < -0.3 is 9.64 Å². The summed E-state index contributed by atoms with van der Waals surface area (Å²) in [4.78, 5) is 15.1. The number of hydrogen-bond donors (Lipinski definition) is 0. The molecule has 0 spiro atoms. The molecule has 1 aliphatic heterocycles. The molecule has 0 saturated carbocycles. The number of piperidine rings is 1. The van der Waals surface area contributed by atoms with Gasteiger partial charge in [-0.05, 0) is 110 Å². The Morgan fingerprint density at radius 1 is 0.857 bits per heavy atom. The topological polar surface area (TPSA) is 29.5 Å². The van der Waals surface area contributed by atoms with Gasteiger partial charge in [-0.15, -0.1) is 0 Å². The van der Waals surface area contributed by atoms with Gasteiger partial charge >= 0.3 is 5.97 Å². The first-order chi connectivity index (χ1) is 17.0. The zero-order chi connectivity index (χ0) is 24.4. The van der Waals surface area contributed by atoms with E-state index in [0.29, 0.717) is 18.1 Å². The molecule has 0 aliphatic carbocycles. The van der Waals surface area contributed by atoms with Gasteiger partial charge in [0.2, 0.25) is 0 Å². The lowest BCUT2D eigenvalue weighted by atomic mass is 9.87. The Labute approximate surface area is 208 Å². The lowest BCUT2D eigenvalue weighted by Gasteiger charge is -2.29. The number of esters is 1. The number of aryl methyl sites for hydroxylation is 1. The van der Waals surface area contributed by atoms with E-state index in [-0.39, 0.29) is 5.97 Å². The third-order valence-corrected chi connectivity index (χ3v) is 7.26. The second kappa shape index (κ2) is 10.1. The second-order valence-corrected chi connectivity index (χ2v) is 9.75. The quantitative estimate of drug-likeness (QED) is 0.288. The number of rotatable bonds is 5. The predicted octanol–water partition coefficient (Wildman–Crippen LogP) is 7.47. The number of benzene rings is 4. The van der Waals surface area contributed by atoms with Gasteiger partial charge in [-0.1, -0.05) is 66.2 Å². The molecule has 0 amide bonds. The number of carbonyl (C=O) groups is 1. The average Bonchev–Trinajstić information content (AvgIpc) is 2.89. The molecule has 178 valence electrons. The standard InChI is InChI=1S/C32H33NO2/c1-4-35-32(34)29-20-28-19-27(24-7-5-22(2)6-8-24)13-14-30(28)31(21-29)26-11-9-23(10-12-26)25-15-17-33(3)18-16-25/h5-14,19-21,25H,4,15-18H2,1-3H3. The minimum atomic E-state index is -0.278. The summed E-state index contributed by atoms with van der Waals surface area (Å²) in [5.74, 6) is 0.347. The molecular formula is C32H33NO2. The van der Waals surface area contributed by atoms with Crippen molar-refractivity contribution in [2.24, 2.45) is 0 Å². The number of carbonyl (C=O) groups excluding carboxylic acids is 1. The fourth-order valence-electron chi connectivity index (χ4n) is 5.14. The molecule has 0 aromatic heterocycles. The summed E-state index contributed by atoms with van der Waals surface area (Å²) >= 11 is 0. The minimum Gasteiger partial charge on any atom is -0.462 e. The summed E-state index contributed by atoms with van der Waals surface area (Å²) in [7, 11) is 2.20. The summed E-state index contributed by atoms with van der Waals surface area (Å²) in [6.45, 7) is 6.61. The summed E-state index contributed by atoms with van der Waals surface area (Å²) in [6, 6.07) is 28.0. The van der Waals surface area contributed by atoms with Crippen LogP contribution in [0.3, 0.4) is 0 Å². The maximum Gasteiger partial charge on any atom is 0.338 e. The highest BCUT2D eigenvalue weighted by Gasteiger charge is 2.19. The number of nitrogens with zero attached hydrogens (tertiary/aromatic N) is 1. The van der Waals surface area contributed by atoms with Crippen LogP contribution >= 0.6 is 0 Å². The number of likely N-dealkylation sites (tertiary alicyclic amines) is 1. The molecule has 1 fully saturated rings. The fraction of sp³-hybridized carbons (Fsp3) is 0.281. The molecule has 5 rings (SSSR count). The molecule has 0 bridgehead atoms. The van der Waals surface area contributed by atoms with Crippen LogP contribution in [0.2, 0.25) is 0 Å². The first-order valence-corrected chi connectivity index (χ1v) is 12.6. The highest BCUT2D eigenvalue weighted by molar-refractivity contribution is 6.04. The van der Waals surface area contributed by atoms with Gasteiger partial charge in [0, 0.05) is 0 Å². The van der Waals surface area contributed by atoms with Crippen LogP contribution in [-0.4, -0.2) is 37.6 Å². The van der Waals surface area contributed by atoms with Crippen molar-refractivity contribution in [1.29, 1.82) is 0 Å². The highest BCUT2D eigenvalue weighted by atomic mass is 16.5. The van der Waals surface area contributed by atoms with Crippen LogP contribution in [-0.2, 0) is 4.74 Å². The maximum absolute atomic E-state index is 12.7. The van der Waals surface area contributed by atoms with Crippen LogP contribution in [0, 0.1) is 6.92 Å². The molecule has 0 radical (unpaired) electrons. The van der Waals surface area contributed by atoms with Crippen molar-refractivity contribution < 1.29 is 9.53 Å². The molecule has 1 saturated heterocycles. The molecule has 4 aromatic carbocycles. The molecule has 0 atom stereocenters. The molecule has 0 N–H and O–H groups in total. The Hall–Kier alpha value is -3.43. The Bertz CT molecular complexity index is 1330. The zero-order valence-corrected chi connectivity index (χ0v) is 20.9. The van der Waals surface area contributed by atoms with Crippen molar-refractivity contribution in [2.75, 3.05) is 26.7 Å². The lowest BCUT2D eigenvalue weighted by Crippen LogP contribution is -2.29. The van der Waals surface area contributed by atoms with Gasteiger partial charge in [-0.3, -0.25) is 0 Å². The van der Waals surface area contributed by atoms with Crippen LogP contribution < -0.4 is 0 Å². The van der Waals surface area contributed by atoms with Gasteiger partial charge in [0.1, 0.15) is 0 Å². The number of hydrogen-bond acceptors (Lipinski definition) is 3. The molecule has 1 aliphatic rings. The summed E-state index contributed by atoms with van der Waals surface area (Å²) in [5, 5.41) is 2.18. The van der Waals surface area contributed by atoms with Crippen molar-refractivity contribution >= 4 is 16.7 Å². The van der Waals surface area contributed by atoms with E-state index in [4.69, 9.17) is 4.74 Å². The van der Waals surface area contributed by atoms with Gasteiger partial charge in [0.15, 0.2) is 0 Å². The van der Waals surface area contributed by atoms with E-state index in [1.807, 2.05) is 19.1 Å². The van der Waals surface area contributed by atoms with Crippen molar-refractivity contribution in [3.8, 4) is 22.3 Å². The van der Waals surface area contributed by atoms with Crippen molar-refractivity contribution in [2.45, 2.75) is 32.6 Å². The van der Waals surface area contributed by atoms with Crippen LogP contribution in [0.1, 0.15) is 47.2 Å². The van der Waals surface area contributed by atoms with Crippen LogP contribution in [0.4, 0.5) is 0 Å². The Kier molecular flexibility index (Phi) is 6.70. The first-order valence-electron chi connectivity index (χ1n) is 12.6. The van der Waals surface area contributed by atoms with Crippen molar-refractivity contribution in [1.82, 2.24) is 4.90 Å². The SMILES string of the molecule is CCOC(=O)c1cc(-c2ccc(C3CCN(C)CC3)cc2)c2ccc(-c3ccc(C)cc3)cc2c1. The second-order valence-electron chi connectivity index (χ2n) is 9.75. The van der Waals surface area contributed by atoms with E-state index in [9.17, 15) is 4.79 Å². The van der Waals surface area contributed by atoms with Gasteiger partial charge in [-0.2, -0.15) is 0 Å². The highest BCUT2D eigenvalue weighted by Crippen LogP contribution is 2.35. The molecule has 3 nitrogen and oxygen atoms in total. The molecule has 0 unspecified atom stereocenters. The molecule has 1 heterocycles. The van der Waals surface area contributed by atoms with Gasteiger partial charge in [0.05, 0.1) is 12.2 Å². The fourth-order valence-corrected chi connectivity index (χ4v) is 5.14. The molecular weight excluding hydrogens is 430 g/mol. The third kappa shape index (κ3) is 5.01. The van der Waals surface area contributed by atoms with E-state index >= 15 is 0 Å². The van der Waals surface area contributed by atoms with Gasteiger partial charge in [-0.25, -0.2) is 4.79 Å². The normalized spacial score (nSPS) is 14.8. The minimum absolute atomic E-state index is 0.278. The molecule has 3 heteroatoms. The summed E-state index contributed by atoms with van der Waals surface area (Å²) in [5.41, 5.74) is 7.75. The van der Waals surface area contributed by atoms with E-state index in [0.717, 1.165) is 40.6 Å². The lowest BCUT2D eigenvalue weighted by molar-refractivity contribution is 0.0526. The molecule has 35 heavy (non-hydrogen) atoms.